The maximum Gasteiger partial charge on any atom is 0.136 e. The fourth-order valence-electron chi connectivity index (χ4n) is 2.69. The van der Waals surface area contributed by atoms with E-state index in [0.29, 0.717) is 6.04 Å². The maximum absolute atomic E-state index is 5.49. The fraction of sp³-hybridized carbons (Fsp3) is 0.438. The molecule has 7 nitrogen and oxygen atoms in total. The van der Waals surface area contributed by atoms with Gasteiger partial charge in [0.2, 0.25) is 0 Å². The number of aromatic amines is 2. The minimum Gasteiger partial charge on any atom is -0.377 e. The van der Waals surface area contributed by atoms with Gasteiger partial charge in [0.1, 0.15) is 17.0 Å². The second-order valence-electron chi connectivity index (χ2n) is 5.23. The third kappa shape index (κ3) is 2.92. The Labute approximate surface area is 135 Å². The van der Waals surface area contributed by atoms with Crippen LogP contribution in [-0.4, -0.2) is 51.2 Å². The second kappa shape index (κ2) is 6.78. The van der Waals surface area contributed by atoms with Gasteiger partial charge in [0.05, 0.1) is 30.5 Å². The van der Waals surface area contributed by atoms with Gasteiger partial charge in [0.15, 0.2) is 0 Å². The average molecular weight is 314 g/mol. The summed E-state index contributed by atoms with van der Waals surface area (Å²) < 4.78 is 5.49. The molecule has 0 amide bonds. The maximum atomic E-state index is 5.49. The number of rotatable bonds is 2. The van der Waals surface area contributed by atoms with Crippen LogP contribution in [0.2, 0.25) is 0 Å². The highest BCUT2D eigenvalue weighted by Crippen LogP contribution is 2.26. The number of morpholine rings is 1. The number of anilines is 1. The lowest BCUT2D eigenvalue weighted by atomic mass is 10.2. The van der Waals surface area contributed by atoms with E-state index in [0.717, 1.165) is 48.0 Å². The zero-order valence-electron chi connectivity index (χ0n) is 13.7. The van der Waals surface area contributed by atoms with Crippen LogP contribution in [0.4, 0.5) is 5.82 Å². The number of fused-ring (bicyclic) bond motifs is 1. The van der Waals surface area contributed by atoms with Gasteiger partial charge in [-0.25, -0.2) is 4.98 Å². The van der Waals surface area contributed by atoms with E-state index in [4.69, 9.17) is 9.72 Å². The van der Waals surface area contributed by atoms with E-state index < -0.39 is 0 Å². The number of hydrogen-bond acceptors (Lipinski definition) is 5. The molecule has 4 heterocycles. The van der Waals surface area contributed by atoms with Crippen molar-refractivity contribution < 1.29 is 4.74 Å². The number of nitrogens with one attached hydrogen (secondary N) is 2. The van der Waals surface area contributed by atoms with Crippen LogP contribution < -0.4 is 4.90 Å². The van der Waals surface area contributed by atoms with Crippen molar-refractivity contribution in [3.05, 3.63) is 24.4 Å². The van der Waals surface area contributed by atoms with Crippen molar-refractivity contribution >= 4 is 16.9 Å². The first kappa shape index (κ1) is 15.5. The molecule has 122 valence electrons. The van der Waals surface area contributed by atoms with Crippen molar-refractivity contribution in [3.8, 4) is 11.4 Å². The molecule has 1 saturated heterocycles. The quantitative estimate of drug-likeness (QED) is 0.759. The first-order valence-electron chi connectivity index (χ1n) is 8.02. The predicted octanol–water partition coefficient (Wildman–Crippen LogP) is 2.60. The summed E-state index contributed by atoms with van der Waals surface area (Å²) in [4.78, 5) is 7.06. The van der Waals surface area contributed by atoms with Crippen molar-refractivity contribution in [2.75, 3.05) is 24.7 Å². The molecule has 7 heteroatoms. The summed E-state index contributed by atoms with van der Waals surface area (Å²) in [7, 11) is 0. The Morgan fingerprint density at radius 3 is 2.83 bits per heavy atom. The number of hydrogen-bond donors (Lipinski definition) is 2. The number of nitrogens with zero attached hydrogens (tertiary/aromatic N) is 4. The molecule has 1 fully saturated rings. The van der Waals surface area contributed by atoms with Gasteiger partial charge in [-0.3, -0.25) is 10.2 Å². The molecule has 0 aromatic carbocycles. The molecule has 1 aliphatic heterocycles. The topological polar surface area (TPSA) is 82.7 Å². The van der Waals surface area contributed by atoms with E-state index >= 15 is 0 Å². The van der Waals surface area contributed by atoms with Crippen molar-refractivity contribution in [2.24, 2.45) is 0 Å². The molecule has 23 heavy (non-hydrogen) atoms. The Balaban J connectivity index is 0.000000753. The molecular formula is C16H22N6O. The van der Waals surface area contributed by atoms with Crippen LogP contribution in [0.25, 0.3) is 22.4 Å². The molecule has 1 aliphatic rings. The Morgan fingerprint density at radius 2 is 2.09 bits per heavy atom. The molecule has 0 saturated carbocycles. The Morgan fingerprint density at radius 1 is 1.22 bits per heavy atom. The zero-order chi connectivity index (χ0) is 16.2. The number of ether oxygens (including phenoxy) is 1. The van der Waals surface area contributed by atoms with Crippen LogP contribution >= 0.6 is 0 Å². The Kier molecular flexibility index (Phi) is 4.57. The highest BCUT2D eigenvalue weighted by molar-refractivity contribution is 5.89. The molecule has 0 bridgehead atoms. The van der Waals surface area contributed by atoms with Crippen LogP contribution in [-0.2, 0) is 4.74 Å². The Hall–Kier alpha value is -2.41. The van der Waals surface area contributed by atoms with Gasteiger partial charge in [-0.2, -0.15) is 10.2 Å². The number of aromatic nitrogens is 5. The van der Waals surface area contributed by atoms with Gasteiger partial charge in [0, 0.05) is 12.7 Å². The molecule has 4 rings (SSSR count). The van der Waals surface area contributed by atoms with E-state index in [2.05, 4.69) is 32.2 Å². The first-order valence-corrected chi connectivity index (χ1v) is 8.02. The van der Waals surface area contributed by atoms with E-state index in [1.54, 1.807) is 6.20 Å². The molecule has 3 aromatic rings. The molecule has 2 N–H and O–H groups in total. The lowest BCUT2D eigenvalue weighted by Crippen LogP contribution is -2.44. The van der Waals surface area contributed by atoms with E-state index in [1.807, 2.05) is 32.0 Å². The molecule has 0 unspecified atom stereocenters. The summed E-state index contributed by atoms with van der Waals surface area (Å²) in [6.45, 7) is 8.48. The summed E-state index contributed by atoms with van der Waals surface area (Å²) in [5.74, 6) is 0.959. The molecule has 0 aliphatic carbocycles. The number of H-pyrrole nitrogens is 2. The summed E-state index contributed by atoms with van der Waals surface area (Å²) in [5.41, 5.74) is 3.44. The van der Waals surface area contributed by atoms with Crippen molar-refractivity contribution in [1.82, 2.24) is 25.4 Å². The fourth-order valence-corrected chi connectivity index (χ4v) is 2.69. The van der Waals surface area contributed by atoms with Crippen molar-refractivity contribution in [2.45, 2.75) is 26.8 Å². The van der Waals surface area contributed by atoms with Crippen LogP contribution in [0.5, 0.6) is 0 Å². The van der Waals surface area contributed by atoms with E-state index in [-0.39, 0.29) is 0 Å². The summed E-state index contributed by atoms with van der Waals surface area (Å²) >= 11 is 0. The summed E-state index contributed by atoms with van der Waals surface area (Å²) in [5, 5.41) is 14.3. The van der Waals surface area contributed by atoms with Gasteiger partial charge < -0.3 is 9.64 Å². The van der Waals surface area contributed by atoms with Crippen LogP contribution in [0.3, 0.4) is 0 Å². The summed E-state index contributed by atoms with van der Waals surface area (Å²) in [6, 6.07) is 6.26. The predicted molar refractivity (Wildman–Crippen MR) is 90.4 cm³/mol. The summed E-state index contributed by atoms with van der Waals surface area (Å²) in [6.07, 6.45) is 1.71. The van der Waals surface area contributed by atoms with Gasteiger partial charge in [0.25, 0.3) is 0 Å². The highest BCUT2D eigenvalue weighted by Gasteiger charge is 2.21. The largest absolute Gasteiger partial charge is 0.377 e. The minimum atomic E-state index is 0.325. The Bertz CT molecular complexity index is 751. The molecular weight excluding hydrogens is 292 g/mol. The van der Waals surface area contributed by atoms with Crippen LogP contribution in [0.1, 0.15) is 20.8 Å². The lowest BCUT2D eigenvalue weighted by molar-refractivity contribution is 0.0986. The van der Waals surface area contributed by atoms with Crippen molar-refractivity contribution in [3.63, 3.8) is 0 Å². The molecule has 1 atom stereocenters. The monoisotopic (exact) mass is 314 g/mol. The third-order valence-electron chi connectivity index (χ3n) is 3.81. The second-order valence-corrected chi connectivity index (χ2v) is 5.23. The molecule has 0 radical (unpaired) electrons. The average Bonchev–Trinajstić information content (AvgIpc) is 3.25. The first-order chi connectivity index (χ1) is 11.3. The SMILES string of the molecule is CC.C[C@@H]1COCCN1c1ccc2[nH]nc(-c3ccn[nH]3)c2n1. The van der Waals surface area contributed by atoms with Gasteiger partial charge in [-0.05, 0) is 25.1 Å². The molecule has 0 spiro atoms. The van der Waals surface area contributed by atoms with E-state index in [9.17, 15) is 0 Å². The minimum absolute atomic E-state index is 0.325. The van der Waals surface area contributed by atoms with Crippen molar-refractivity contribution in [1.29, 1.82) is 0 Å². The van der Waals surface area contributed by atoms with E-state index in [1.165, 1.54) is 0 Å². The number of pyridine rings is 1. The highest BCUT2D eigenvalue weighted by atomic mass is 16.5. The smallest absolute Gasteiger partial charge is 0.136 e. The molecule has 3 aromatic heterocycles. The zero-order valence-corrected chi connectivity index (χ0v) is 13.7. The normalized spacial score (nSPS) is 17.9. The van der Waals surface area contributed by atoms with Crippen LogP contribution in [0, 0.1) is 0 Å². The third-order valence-corrected chi connectivity index (χ3v) is 3.81. The van der Waals surface area contributed by atoms with Gasteiger partial charge in [-0.1, -0.05) is 13.8 Å². The lowest BCUT2D eigenvalue weighted by Gasteiger charge is -2.34. The van der Waals surface area contributed by atoms with Crippen LogP contribution in [0.15, 0.2) is 24.4 Å². The standard InChI is InChI=1S/C14H16N6O.C2H6/c1-9-8-21-7-6-20(9)12-3-2-10-13(16-12)14(19-18-10)11-4-5-15-17-11;1-2/h2-5,9H,6-8H2,1H3,(H,15,17)(H,18,19);1-2H3/t9-;/m1./s1. The van der Waals surface area contributed by atoms with Gasteiger partial charge in [-0.15, -0.1) is 0 Å². The van der Waals surface area contributed by atoms with Gasteiger partial charge >= 0.3 is 0 Å².